The fraction of sp³-hybridized carbons (Fsp3) is 0.125. The second-order valence-electron chi connectivity index (χ2n) is 2.55. The van der Waals surface area contributed by atoms with Crippen molar-refractivity contribution in [2.75, 3.05) is 6.54 Å². The first kappa shape index (κ1) is 8.25. The van der Waals surface area contributed by atoms with Crippen LogP contribution in [-0.2, 0) is 4.79 Å². The molecule has 0 aromatic heterocycles. The van der Waals surface area contributed by atoms with Gasteiger partial charge in [-0.15, -0.1) is 0 Å². The van der Waals surface area contributed by atoms with Crippen LogP contribution < -0.4 is 5.32 Å². The Balaban J connectivity index is 2.21. The second-order valence-corrected chi connectivity index (χ2v) is 3.57. The van der Waals surface area contributed by atoms with Gasteiger partial charge in [0.15, 0.2) is 0 Å². The lowest BCUT2D eigenvalue weighted by atomic mass is 10.2. The van der Waals surface area contributed by atoms with Crippen LogP contribution in [0.1, 0.15) is 0 Å². The number of carbonyl (C=O) groups is 2. The summed E-state index contributed by atoms with van der Waals surface area (Å²) < 4.78 is 0. The lowest BCUT2D eigenvalue weighted by molar-refractivity contribution is -0.115. The summed E-state index contributed by atoms with van der Waals surface area (Å²) in [6, 6.07) is 0. The van der Waals surface area contributed by atoms with Crippen molar-refractivity contribution in [3.63, 3.8) is 0 Å². The number of thioether (sulfide) groups is 1. The summed E-state index contributed by atoms with van der Waals surface area (Å²) in [5, 5.41) is 1.87. The van der Waals surface area contributed by atoms with Crippen LogP contribution in [0.3, 0.4) is 0 Å². The molecular weight excluding hydrogens is 188 g/mol. The van der Waals surface area contributed by atoms with Crippen LogP contribution in [0.5, 0.6) is 0 Å². The Morgan fingerprint density at radius 1 is 1.54 bits per heavy atom. The number of allylic oxidation sites excluding steroid dienone is 2. The molecule has 13 heavy (non-hydrogen) atoms. The molecule has 1 N–H and O–H groups in total. The number of amides is 2. The molecule has 0 saturated carbocycles. The van der Waals surface area contributed by atoms with Crippen molar-refractivity contribution in [3.05, 3.63) is 22.6 Å². The van der Waals surface area contributed by atoms with Gasteiger partial charge in [-0.1, -0.05) is 6.08 Å². The van der Waals surface area contributed by atoms with Crippen molar-refractivity contribution in [1.82, 2.24) is 5.32 Å². The summed E-state index contributed by atoms with van der Waals surface area (Å²) in [5.74, 6) is -0.323. The van der Waals surface area contributed by atoms with Crippen molar-refractivity contribution >= 4 is 29.1 Å². The van der Waals surface area contributed by atoms with Gasteiger partial charge in [-0.05, 0) is 23.4 Å². The maximum atomic E-state index is 11.1. The summed E-state index contributed by atoms with van der Waals surface area (Å²) in [6.45, 7) is 0.652. The molecule has 0 spiro atoms. The molecule has 0 bridgehead atoms. The van der Waals surface area contributed by atoms with Crippen molar-refractivity contribution in [2.45, 2.75) is 0 Å². The molecule has 4 nitrogen and oxygen atoms in total. The summed E-state index contributed by atoms with van der Waals surface area (Å²) in [5.41, 5.74) is 0.882. The molecule has 0 atom stereocenters. The normalized spacial score (nSPS) is 24.0. The second kappa shape index (κ2) is 3.18. The maximum Gasteiger partial charge on any atom is 0.290 e. The van der Waals surface area contributed by atoms with Crippen molar-refractivity contribution in [2.24, 2.45) is 4.99 Å². The van der Waals surface area contributed by atoms with E-state index in [2.05, 4.69) is 10.3 Å². The Kier molecular flexibility index (Phi) is 2.02. The zero-order chi connectivity index (χ0) is 9.26. The smallest absolute Gasteiger partial charge is 0.288 e. The number of nitrogens with one attached hydrogen (secondary N) is 1. The number of hydrogen-bond donors (Lipinski definition) is 1. The van der Waals surface area contributed by atoms with Crippen LogP contribution >= 0.6 is 11.8 Å². The highest BCUT2D eigenvalue weighted by molar-refractivity contribution is 8.18. The van der Waals surface area contributed by atoms with Crippen LogP contribution in [0.15, 0.2) is 27.6 Å². The molecule has 0 aliphatic carbocycles. The standard InChI is InChI=1S/C8H6N2O2S/c11-7-6(13-8(12)10-7)3-5-1-2-9-4-5/h1,3-4H,2H2,(H,10,11,12)/b6-3-. The third-order valence-electron chi connectivity index (χ3n) is 1.61. The lowest BCUT2D eigenvalue weighted by Gasteiger charge is -1.89. The Hall–Kier alpha value is -1.36. The van der Waals surface area contributed by atoms with Crippen molar-refractivity contribution in [1.29, 1.82) is 0 Å². The molecule has 0 aromatic rings. The quantitative estimate of drug-likeness (QED) is 0.630. The first-order chi connectivity index (χ1) is 6.25. The third-order valence-corrected chi connectivity index (χ3v) is 2.42. The third kappa shape index (κ3) is 1.70. The minimum Gasteiger partial charge on any atom is -0.288 e. The Morgan fingerprint density at radius 2 is 2.38 bits per heavy atom. The molecule has 5 heteroatoms. The van der Waals surface area contributed by atoms with E-state index in [0.717, 1.165) is 17.3 Å². The van der Waals surface area contributed by atoms with E-state index in [0.29, 0.717) is 11.4 Å². The SMILES string of the molecule is O=C1NC(=O)/C(=C/C2=CCN=C2)S1. The highest BCUT2D eigenvalue weighted by Crippen LogP contribution is 2.24. The van der Waals surface area contributed by atoms with Gasteiger partial charge in [-0.3, -0.25) is 19.9 Å². The molecule has 2 rings (SSSR count). The molecule has 0 unspecified atom stereocenters. The molecular formula is C8H6N2O2S. The van der Waals surface area contributed by atoms with Crippen LogP contribution in [0.4, 0.5) is 4.79 Å². The first-order valence-electron chi connectivity index (χ1n) is 3.70. The van der Waals surface area contributed by atoms with Crippen LogP contribution in [0.2, 0.25) is 0 Å². The molecule has 2 heterocycles. The zero-order valence-corrected chi connectivity index (χ0v) is 7.43. The topological polar surface area (TPSA) is 58.5 Å². The van der Waals surface area contributed by atoms with E-state index < -0.39 is 0 Å². The van der Waals surface area contributed by atoms with Crippen LogP contribution in [-0.4, -0.2) is 23.9 Å². The molecule has 2 aliphatic rings. The van der Waals surface area contributed by atoms with Gasteiger partial charge in [0.1, 0.15) is 0 Å². The molecule has 1 fully saturated rings. The van der Waals surface area contributed by atoms with Gasteiger partial charge in [0.05, 0.1) is 11.4 Å². The van der Waals surface area contributed by atoms with E-state index in [1.54, 1.807) is 12.3 Å². The summed E-state index contributed by atoms with van der Waals surface area (Å²) in [7, 11) is 0. The number of nitrogens with zero attached hydrogens (tertiary/aromatic N) is 1. The number of aliphatic imine (C=N–C) groups is 1. The van der Waals surface area contributed by atoms with Crippen LogP contribution in [0, 0.1) is 0 Å². The summed E-state index contributed by atoms with van der Waals surface area (Å²) in [6.07, 6.45) is 5.24. The predicted octanol–water partition coefficient (Wildman–Crippen LogP) is 0.864. The van der Waals surface area contributed by atoms with Crippen molar-refractivity contribution < 1.29 is 9.59 Å². The first-order valence-corrected chi connectivity index (χ1v) is 4.52. The number of carbonyl (C=O) groups excluding carboxylic acids is 2. The van der Waals surface area contributed by atoms with E-state index in [1.807, 2.05) is 6.08 Å². The fourth-order valence-corrected chi connectivity index (χ4v) is 1.72. The van der Waals surface area contributed by atoms with Crippen LogP contribution in [0.25, 0.3) is 0 Å². The number of imide groups is 1. The number of hydrogen-bond acceptors (Lipinski definition) is 4. The zero-order valence-electron chi connectivity index (χ0n) is 6.61. The Morgan fingerprint density at radius 3 is 2.92 bits per heavy atom. The average molecular weight is 194 g/mol. The molecule has 2 amide bonds. The molecule has 0 aromatic carbocycles. The minimum absolute atomic E-state index is 0.313. The largest absolute Gasteiger partial charge is 0.290 e. The van der Waals surface area contributed by atoms with Gasteiger partial charge in [0.2, 0.25) is 0 Å². The highest BCUT2D eigenvalue weighted by atomic mass is 32.2. The van der Waals surface area contributed by atoms with E-state index >= 15 is 0 Å². The van der Waals surface area contributed by atoms with Gasteiger partial charge in [0.25, 0.3) is 11.1 Å². The lowest BCUT2D eigenvalue weighted by Crippen LogP contribution is -2.17. The monoisotopic (exact) mass is 194 g/mol. The predicted molar refractivity (Wildman–Crippen MR) is 50.7 cm³/mol. The van der Waals surface area contributed by atoms with E-state index in [1.165, 1.54) is 0 Å². The van der Waals surface area contributed by atoms with Crippen molar-refractivity contribution in [3.8, 4) is 0 Å². The Bertz CT molecular complexity index is 368. The van der Waals surface area contributed by atoms with E-state index in [-0.39, 0.29) is 11.1 Å². The molecule has 0 radical (unpaired) electrons. The van der Waals surface area contributed by atoms with Gasteiger partial charge in [0, 0.05) is 6.21 Å². The van der Waals surface area contributed by atoms with Gasteiger partial charge in [-0.25, -0.2) is 0 Å². The molecule has 66 valence electrons. The van der Waals surface area contributed by atoms with E-state index in [4.69, 9.17) is 0 Å². The highest BCUT2D eigenvalue weighted by Gasteiger charge is 2.25. The van der Waals surface area contributed by atoms with Gasteiger partial charge >= 0.3 is 0 Å². The number of rotatable bonds is 1. The maximum absolute atomic E-state index is 11.1. The van der Waals surface area contributed by atoms with Gasteiger partial charge < -0.3 is 0 Å². The van der Waals surface area contributed by atoms with E-state index in [9.17, 15) is 9.59 Å². The molecule has 2 aliphatic heterocycles. The fourth-order valence-electron chi connectivity index (χ4n) is 1.04. The summed E-state index contributed by atoms with van der Waals surface area (Å²) in [4.78, 5) is 26.3. The minimum atomic E-state index is -0.323. The van der Waals surface area contributed by atoms with Gasteiger partial charge in [-0.2, -0.15) is 0 Å². The average Bonchev–Trinajstić information content (AvgIpc) is 2.63. The summed E-state index contributed by atoms with van der Waals surface area (Å²) >= 11 is 0.920. The Labute approximate surface area is 78.8 Å². The molecule has 1 saturated heterocycles.